The van der Waals surface area contributed by atoms with Crippen LogP contribution in [0.5, 0.6) is 5.75 Å². The minimum absolute atomic E-state index is 0.0319. The lowest BCUT2D eigenvalue weighted by Gasteiger charge is -2.36. The van der Waals surface area contributed by atoms with E-state index in [0.29, 0.717) is 0 Å². The Balaban J connectivity index is 1.78. The fraction of sp³-hybridized carbons (Fsp3) is 0.375. The third-order valence-corrected chi connectivity index (χ3v) is 7.85. The molecule has 3 heterocycles. The van der Waals surface area contributed by atoms with Gasteiger partial charge in [0.15, 0.2) is 0 Å². The number of thiophene rings is 2. The molecule has 0 spiro atoms. The largest absolute Gasteiger partial charge is 0.497 e. The van der Waals surface area contributed by atoms with Gasteiger partial charge in [-0.1, -0.05) is 24.6 Å². The van der Waals surface area contributed by atoms with Gasteiger partial charge in [0.2, 0.25) is 0 Å². The summed E-state index contributed by atoms with van der Waals surface area (Å²) in [5.74, 6) is 0.832. The first-order chi connectivity index (χ1) is 14.6. The molecule has 1 aliphatic heterocycles. The summed E-state index contributed by atoms with van der Waals surface area (Å²) in [6.07, 6.45) is 3.70. The van der Waals surface area contributed by atoms with Gasteiger partial charge in [-0.25, -0.2) is 0 Å². The van der Waals surface area contributed by atoms with E-state index in [1.807, 2.05) is 23.6 Å². The molecule has 1 saturated heterocycles. The smallest absolute Gasteiger partial charge is 0.266 e. The van der Waals surface area contributed by atoms with Gasteiger partial charge in [0.25, 0.3) is 5.91 Å². The Morgan fingerprint density at radius 3 is 2.63 bits per heavy atom. The highest BCUT2D eigenvalue weighted by Gasteiger charge is 2.30. The lowest BCUT2D eigenvalue weighted by molar-refractivity contribution is 0.103. The van der Waals surface area contributed by atoms with Crippen LogP contribution in [-0.4, -0.2) is 31.0 Å². The van der Waals surface area contributed by atoms with E-state index in [0.717, 1.165) is 28.7 Å². The van der Waals surface area contributed by atoms with E-state index in [-0.39, 0.29) is 11.9 Å². The molecule has 158 valence electrons. The van der Waals surface area contributed by atoms with Crippen molar-refractivity contribution < 1.29 is 9.53 Å². The molecule has 0 unspecified atom stereocenters. The fourth-order valence-corrected chi connectivity index (χ4v) is 5.89. The molecule has 1 atom stereocenters. The van der Waals surface area contributed by atoms with E-state index in [2.05, 4.69) is 42.3 Å². The summed E-state index contributed by atoms with van der Waals surface area (Å²) in [4.78, 5) is 17.4. The monoisotopic (exact) mass is 440 g/mol. The van der Waals surface area contributed by atoms with Crippen molar-refractivity contribution in [1.29, 1.82) is 0 Å². The van der Waals surface area contributed by atoms with Gasteiger partial charge in [-0.15, -0.1) is 22.7 Å². The van der Waals surface area contributed by atoms with Crippen molar-refractivity contribution in [2.45, 2.75) is 39.2 Å². The zero-order chi connectivity index (χ0) is 21.1. The molecule has 6 heteroatoms. The molecule has 0 bridgehead atoms. The number of nitrogens with zero attached hydrogens (tertiary/aromatic N) is 1. The number of nitrogens with one attached hydrogen (secondary N) is 1. The number of anilines is 1. The molecule has 2 aromatic heterocycles. The van der Waals surface area contributed by atoms with Gasteiger partial charge in [0.1, 0.15) is 10.8 Å². The summed E-state index contributed by atoms with van der Waals surface area (Å²) >= 11 is 3.15. The second-order valence-corrected chi connectivity index (χ2v) is 9.91. The predicted molar refractivity (Wildman–Crippen MR) is 126 cm³/mol. The first-order valence-corrected chi connectivity index (χ1v) is 12.1. The van der Waals surface area contributed by atoms with Crippen molar-refractivity contribution in [2.24, 2.45) is 0 Å². The number of likely N-dealkylation sites (tertiary alicyclic amines) is 1. The summed E-state index contributed by atoms with van der Waals surface area (Å²) in [6.45, 7) is 6.45. The molecule has 1 N–H and O–H groups in total. The van der Waals surface area contributed by atoms with E-state index in [1.165, 1.54) is 52.2 Å². The SMILES string of the molecule is COc1cccc([C@@H](c2c(NC(=O)c3cccs3)sc(C)c2C)N2CCCCC2)c1. The van der Waals surface area contributed by atoms with Crippen LogP contribution in [-0.2, 0) is 0 Å². The van der Waals surface area contributed by atoms with E-state index in [9.17, 15) is 4.79 Å². The number of carbonyl (C=O) groups excluding carboxylic acids is 1. The highest BCUT2D eigenvalue weighted by Crippen LogP contribution is 2.43. The zero-order valence-corrected chi connectivity index (χ0v) is 19.4. The van der Waals surface area contributed by atoms with Crippen LogP contribution in [0, 0.1) is 13.8 Å². The number of rotatable bonds is 6. The predicted octanol–water partition coefficient (Wildman–Crippen LogP) is 6.26. The summed E-state index contributed by atoms with van der Waals surface area (Å²) in [5.41, 5.74) is 3.70. The van der Waals surface area contributed by atoms with Crippen LogP contribution in [0.2, 0.25) is 0 Å². The fourth-order valence-electron chi connectivity index (χ4n) is 4.19. The number of hydrogen-bond donors (Lipinski definition) is 1. The number of ether oxygens (including phenoxy) is 1. The average molecular weight is 441 g/mol. The molecule has 1 fully saturated rings. The van der Waals surface area contributed by atoms with Crippen LogP contribution >= 0.6 is 22.7 Å². The highest BCUT2D eigenvalue weighted by atomic mass is 32.1. The van der Waals surface area contributed by atoms with E-state index < -0.39 is 0 Å². The number of amides is 1. The normalized spacial score (nSPS) is 15.7. The van der Waals surface area contributed by atoms with Gasteiger partial charge in [-0.05, 0) is 74.5 Å². The molecule has 1 aliphatic rings. The number of benzene rings is 1. The van der Waals surface area contributed by atoms with Crippen LogP contribution in [0.3, 0.4) is 0 Å². The summed E-state index contributed by atoms with van der Waals surface area (Å²) in [7, 11) is 1.71. The second kappa shape index (κ2) is 9.33. The first-order valence-electron chi connectivity index (χ1n) is 10.4. The first kappa shape index (κ1) is 21.1. The second-order valence-electron chi connectivity index (χ2n) is 7.73. The third kappa shape index (κ3) is 4.31. The summed E-state index contributed by atoms with van der Waals surface area (Å²) in [5, 5.41) is 6.12. The highest BCUT2D eigenvalue weighted by molar-refractivity contribution is 7.17. The zero-order valence-electron chi connectivity index (χ0n) is 17.7. The van der Waals surface area contributed by atoms with Crippen LogP contribution in [0.1, 0.15) is 56.5 Å². The molecule has 1 amide bonds. The molecular formula is C24H28N2O2S2. The molecular weight excluding hydrogens is 412 g/mol. The molecule has 1 aromatic carbocycles. The molecule has 0 aliphatic carbocycles. The van der Waals surface area contributed by atoms with Crippen molar-refractivity contribution in [3.8, 4) is 5.75 Å². The Labute approximate surface area is 186 Å². The Hall–Kier alpha value is -2.15. The molecule has 3 aromatic rings. The molecule has 4 rings (SSSR count). The molecule has 0 radical (unpaired) electrons. The van der Waals surface area contributed by atoms with Gasteiger partial charge in [-0.3, -0.25) is 9.69 Å². The Bertz CT molecular complexity index is 1000. The van der Waals surface area contributed by atoms with Crippen molar-refractivity contribution >= 4 is 33.6 Å². The maximum Gasteiger partial charge on any atom is 0.266 e. The minimum Gasteiger partial charge on any atom is -0.497 e. The maximum atomic E-state index is 12.9. The topological polar surface area (TPSA) is 41.6 Å². The lowest BCUT2D eigenvalue weighted by atomic mass is 9.93. The average Bonchev–Trinajstić information content (AvgIpc) is 3.40. The minimum atomic E-state index is -0.0319. The number of carbonyl (C=O) groups is 1. The van der Waals surface area contributed by atoms with Gasteiger partial charge in [-0.2, -0.15) is 0 Å². The van der Waals surface area contributed by atoms with Gasteiger partial charge in [0, 0.05) is 10.4 Å². The quantitative estimate of drug-likeness (QED) is 0.492. The number of aryl methyl sites for hydroxylation is 1. The van der Waals surface area contributed by atoms with E-state index in [1.54, 1.807) is 18.4 Å². The van der Waals surface area contributed by atoms with Gasteiger partial charge < -0.3 is 10.1 Å². The standard InChI is InChI=1S/C24H28N2O2S2/c1-16-17(2)30-24(25-23(27)20-11-8-14-29-20)21(16)22(26-12-5-4-6-13-26)18-9-7-10-19(15-18)28-3/h7-11,14-15,22H,4-6,12-13H2,1-3H3,(H,25,27)/t22-/m0/s1. The third-order valence-electron chi connectivity index (χ3n) is 5.84. The maximum absolute atomic E-state index is 12.9. The number of methoxy groups -OCH3 is 1. The number of piperidine rings is 1. The lowest BCUT2D eigenvalue weighted by Crippen LogP contribution is -2.35. The van der Waals surface area contributed by atoms with Crippen molar-refractivity contribution in [2.75, 3.05) is 25.5 Å². The van der Waals surface area contributed by atoms with E-state index >= 15 is 0 Å². The van der Waals surface area contributed by atoms with E-state index in [4.69, 9.17) is 4.74 Å². The summed E-state index contributed by atoms with van der Waals surface area (Å²) in [6, 6.07) is 12.3. The van der Waals surface area contributed by atoms with Crippen molar-refractivity contribution in [3.63, 3.8) is 0 Å². The Kier molecular flexibility index (Phi) is 6.56. The van der Waals surface area contributed by atoms with Gasteiger partial charge >= 0.3 is 0 Å². The van der Waals surface area contributed by atoms with Crippen molar-refractivity contribution in [3.05, 3.63) is 68.2 Å². The van der Waals surface area contributed by atoms with Crippen LogP contribution in [0.4, 0.5) is 5.00 Å². The van der Waals surface area contributed by atoms with Crippen molar-refractivity contribution in [1.82, 2.24) is 4.90 Å². The molecule has 30 heavy (non-hydrogen) atoms. The summed E-state index contributed by atoms with van der Waals surface area (Å²) < 4.78 is 5.52. The Morgan fingerprint density at radius 2 is 1.93 bits per heavy atom. The Morgan fingerprint density at radius 1 is 1.13 bits per heavy atom. The van der Waals surface area contributed by atoms with Crippen LogP contribution in [0.25, 0.3) is 0 Å². The number of hydrogen-bond acceptors (Lipinski definition) is 5. The molecule has 4 nitrogen and oxygen atoms in total. The molecule has 0 saturated carbocycles. The van der Waals surface area contributed by atoms with Gasteiger partial charge in [0.05, 0.1) is 18.0 Å². The van der Waals surface area contributed by atoms with Crippen LogP contribution < -0.4 is 10.1 Å². The van der Waals surface area contributed by atoms with Crippen LogP contribution in [0.15, 0.2) is 41.8 Å².